The predicted octanol–water partition coefficient (Wildman–Crippen LogP) is 1.25. The van der Waals surface area contributed by atoms with Crippen molar-refractivity contribution in [3.8, 4) is 0 Å². The van der Waals surface area contributed by atoms with Gasteiger partial charge in [-0.25, -0.2) is 0 Å². The Morgan fingerprint density at radius 3 is 2.75 bits per heavy atom. The van der Waals surface area contributed by atoms with E-state index in [-0.39, 0.29) is 0 Å². The van der Waals surface area contributed by atoms with E-state index in [1.54, 1.807) is 5.31 Å². The largest absolute Gasteiger partial charge is 0.316 e. The van der Waals surface area contributed by atoms with Gasteiger partial charge in [0.25, 0.3) is 0 Å². The molecule has 1 fully saturated rings. The van der Waals surface area contributed by atoms with Crippen molar-refractivity contribution < 1.29 is 1.41 Å². The summed E-state index contributed by atoms with van der Waals surface area (Å²) in [7, 11) is 0. The molecule has 1 aliphatic rings. The Bertz CT molecular complexity index is 94.9. The third kappa shape index (κ3) is 1.22. The predicted molar refractivity (Wildman–Crippen MR) is 35.8 cm³/mol. The first kappa shape index (κ1) is 4.80. The molecule has 2 atom stereocenters. The molecular formula is C7H15N. The molecular weight excluding hydrogens is 98.1 g/mol. The molecule has 1 heterocycles. The third-order valence-electron chi connectivity index (χ3n) is 2.13. The first-order valence-corrected chi connectivity index (χ1v) is 3.44. The molecule has 0 aromatic carbocycles. The molecule has 1 heteroatoms. The highest BCUT2D eigenvalue weighted by atomic mass is 14.9. The zero-order chi connectivity index (χ0) is 6.85. The van der Waals surface area contributed by atoms with Gasteiger partial charge in [-0.2, -0.15) is 0 Å². The summed E-state index contributed by atoms with van der Waals surface area (Å²) in [6, 6.07) is 0. The number of hydrogen-bond acceptors (Lipinski definition) is 1. The summed E-state index contributed by atoms with van der Waals surface area (Å²) in [6.45, 7) is 6.43. The minimum absolute atomic E-state index is 0.719. The zero-order valence-electron chi connectivity index (χ0n) is 6.72. The van der Waals surface area contributed by atoms with Crippen molar-refractivity contribution in [2.24, 2.45) is 11.8 Å². The average Bonchev–Trinajstić information content (AvgIpc) is 1.80. The topological polar surface area (TPSA) is 12.0 Å². The molecule has 0 bridgehead atoms. The van der Waals surface area contributed by atoms with Crippen LogP contribution in [0.5, 0.6) is 0 Å². The van der Waals surface area contributed by atoms with Crippen LogP contribution in [-0.4, -0.2) is 13.1 Å². The lowest BCUT2D eigenvalue weighted by atomic mass is 9.90. The van der Waals surface area contributed by atoms with E-state index in [0.717, 1.165) is 24.9 Å². The second-order valence-corrected chi connectivity index (χ2v) is 2.87. The van der Waals surface area contributed by atoms with Gasteiger partial charge in [0, 0.05) is 0 Å². The molecule has 0 radical (unpaired) electrons. The van der Waals surface area contributed by atoms with Crippen molar-refractivity contribution in [1.29, 1.82) is 0 Å². The van der Waals surface area contributed by atoms with Crippen molar-refractivity contribution in [3.63, 3.8) is 0 Å². The Labute approximate surface area is 52.9 Å². The van der Waals surface area contributed by atoms with Gasteiger partial charge in [0.05, 0.1) is 0 Å². The molecule has 0 amide bonds. The van der Waals surface area contributed by atoms with Crippen molar-refractivity contribution in [2.45, 2.75) is 20.3 Å². The molecule has 48 valence electrons. The lowest BCUT2D eigenvalue weighted by Crippen LogP contribution is -2.33. The molecule has 0 aliphatic carbocycles. The Balaban J connectivity index is 2.35. The number of nitrogens with one attached hydrogen (secondary N) is 1. The van der Waals surface area contributed by atoms with E-state index in [1.165, 1.54) is 6.42 Å². The lowest BCUT2D eigenvalue weighted by molar-refractivity contribution is 0.295. The van der Waals surface area contributed by atoms with E-state index in [9.17, 15) is 0 Å². The first-order chi connectivity index (χ1) is 4.20. The second kappa shape index (κ2) is 2.49. The van der Waals surface area contributed by atoms with Crippen LogP contribution in [0.25, 0.3) is 0 Å². The van der Waals surface area contributed by atoms with Crippen LogP contribution in [0.2, 0.25) is 1.41 Å². The van der Waals surface area contributed by atoms with Gasteiger partial charge in [-0.05, 0) is 31.3 Å². The SMILES string of the molecule is [3H]N1CCC(C)C(C)C1. The van der Waals surface area contributed by atoms with Crippen LogP contribution in [0.1, 0.15) is 20.3 Å². The summed E-state index contributed by atoms with van der Waals surface area (Å²) >= 11 is 0. The smallest absolute Gasteiger partial charge is 0.122 e. The van der Waals surface area contributed by atoms with Gasteiger partial charge in [0.1, 0.15) is 1.41 Å². The van der Waals surface area contributed by atoms with Crippen LogP contribution in [0.3, 0.4) is 0 Å². The molecule has 1 aliphatic heterocycles. The molecule has 0 spiro atoms. The van der Waals surface area contributed by atoms with E-state index in [0.29, 0.717) is 0 Å². The van der Waals surface area contributed by atoms with Gasteiger partial charge in [-0.1, -0.05) is 13.8 Å². The average molecular weight is 115 g/mol. The number of piperidine rings is 1. The van der Waals surface area contributed by atoms with E-state index >= 15 is 0 Å². The maximum Gasteiger partial charge on any atom is 0.122 e. The molecule has 1 N–H and O–H groups in total. The summed E-state index contributed by atoms with van der Waals surface area (Å²) in [6.07, 6.45) is 1.20. The fourth-order valence-corrected chi connectivity index (χ4v) is 1.05. The van der Waals surface area contributed by atoms with Gasteiger partial charge >= 0.3 is 0 Å². The number of hydrogen-bond donors (Lipinski definition) is 1. The fourth-order valence-electron chi connectivity index (χ4n) is 1.05. The van der Waals surface area contributed by atoms with Gasteiger partial charge in [-0.3, -0.25) is 0 Å². The van der Waals surface area contributed by atoms with Gasteiger partial charge in [0.15, 0.2) is 0 Å². The summed E-state index contributed by atoms with van der Waals surface area (Å²) in [5.74, 6) is 1.54. The molecule has 0 saturated carbocycles. The third-order valence-corrected chi connectivity index (χ3v) is 2.13. The van der Waals surface area contributed by atoms with Crippen LogP contribution in [-0.2, 0) is 0 Å². The van der Waals surface area contributed by atoms with E-state index in [4.69, 9.17) is 1.41 Å². The molecule has 1 nitrogen and oxygen atoms in total. The van der Waals surface area contributed by atoms with Crippen LogP contribution in [0, 0.1) is 11.8 Å². The summed E-state index contributed by atoms with van der Waals surface area (Å²) in [5.41, 5.74) is 0. The maximum atomic E-state index is 7.33. The Kier molecular flexibility index (Phi) is 1.50. The fraction of sp³-hybridized carbons (Fsp3) is 1.00. The van der Waals surface area contributed by atoms with E-state index < -0.39 is 0 Å². The quantitative estimate of drug-likeness (QED) is 0.501. The van der Waals surface area contributed by atoms with Gasteiger partial charge in [-0.15, -0.1) is 0 Å². The van der Waals surface area contributed by atoms with Crippen LogP contribution < -0.4 is 5.31 Å². The van der Waals surface area contributed by atoms with Gasteiger partial charge in [0.2, 0.25) is 0 Å². The minimum atomic E-state index is 0.719. The lowest BCUT2D eigenvalue weighted by Gasteiger charge is -2.25. The molecule has 1 saturated heterocycles. The molecule has 2 unspecified atom stereocenters. The Hall–Kier alpha value is -0.0400. The summed E-state index contributed by atoms with van der Waals surface area (Å²) in [4.78, 5) is 0. The van der Waals surface area contributed by atoms with E-state index in [1.807, 2.05) is 0 Å². The highest BCUT2D eigenvalue weighted by Crippen LogP contribution is 2.16. The van der Waals surface area contributed by atoms with Crippen molar-refractivity contribution in [1.82, 2.24) is 5.31 Å². The molecule has 1 rings (SSSR count). The Morgan fingerprint density at radius 2 is 2.25 bits per heavy atom. The maximum absolute atomic E-state index is 7.33. The van der Waals surface area contributed by atoms with Gasteiger partial charge < -0.3 is 5.31 Å². The highest BCUT2D eigenvalue weighted by molar-refractivity contribution is 4.70. The van der Waals surface area contributed by atoms with Crippen molar-refractivity contribution in [3.05, 3.63) is 0 Å². The standard InChI is InChI=1S/C7H15N/c1-6-3-4-8-5-7(6)2/h6-8H,3-5H2,1-2H3/i/hT. The second-order valence-electron chi connectivity index (χ2n) is 2.87. The minimum Gasteiger partial charge on any atom is -0.316 e. The first-order valence-electron chi connectivity index (χ1n) is 3.88. The van der Waals surface area contributed by atoms with Crippen LogP contribution in [0.15, 0.2) is 0 Å². The number of rotatable bonds is 0. The molecule has 8 heavy (non-hydrogen) atoms. The van der Waals surface area contributed by atoms with E-state index in [2.05, 4.69) is 13.8 Å². The van der Waals surface area contributed by atoms with Crippen molar-refractivity contribution >= 4 is 0 Å². The monoisotopic (exact) mass is 115 g/mol. The summed E-state index contributed by atoms with van der Waals surface area (Å²) < 4.78 is 7.33. The van der Waals surface area contributed by atoms with Crippen molar-refractivity contribution in [2.75, 3.05) is 13.1 Å². The molecule has 0 aromatic rings. The summed E-state index contributed by atoms with van der Waals surface area (Å²) in [5, 5.41) is 1.67. The highest BCUT2D eigenvalue weighted by Gasteiger charge is 2.14. The van der Waals surface area contributed by atoms with Crippen LogP contribution >= 0.6 is 0 Å². The normalized spacial score (nSPS) is 44.0. The Morgan fingerprint density at radius 1 is 1.50 bits per heavy atom. The van der Waals surface area contributed by atoms with Crippen LogP contribution in [0.4, 0.5) is 0 Å². The zero-order valence-corrected chi connectivity index (χ0v) is 5.72. The molecule has 0 aromatic heterocycles.